The summed E-state index contributed by atoms with van der Waals surface area (Å²) >= 11 is 0. The molecule has 2 N–H and O–H groups in total. The van der Waals surface area contributed by atoms with Gasteiger partial charge in [0.25, 0.3) is 0 Å². The average Bonchev–Trinajstić information content (AvgIpc) is 2.71. The number of aliphatic hydroxyl groups excluding tert-OH is 2. The Bertz CT molecular complexity index is 282. The summed E-state index contributed by atoms with van der Waals surface area (Å²) in [4.78, 5) is 3.95. The number of ether oxygens (including phenoxy) is 2. The van der Waals surface area contributed by atoms with Crippen LogP contribution < -0.4 is 0 Å². The molecule has 6 nitrogen and oxygen atoms in total. The van der Waals surface area contributed by atoms with Crippen LogP contribution in [0.5, 0.6) is 0 Å². The molecule has 0 radical (unpaired) electrons. The van der Waals surface area contributed by atoms with E-state index in [-0.39, 0.29) is 36.7 Å². The lowest BCUT2D eigenvalue weighted by Crippen LogP contribution is -2.55. The van der Waals surface area contributed by atoms with Crippen molar-refractivity contribution in [2.45, 2.75) is 62.8 Å². The summed E-state index contributed by atoms with van der Waals surface area (Å²) in [6.07, 6.45) is -2.34. The Morgan fingerprint density at radius 1 is 0.778 bits per heavy atom. The van der Waals surface area contributed by atoms with Gasteiger partial charge in [-0.3, -0.25) is 9.80 Å². The maximum Gasteiger partial charge on any atom is 0.140 e. The molecule has 3 fully saturated rings. The number of aliphatic hydroxyl groups is 2. The highest BCUT2D eigenvalue weighted by molar-refractivity contribution is 5.03. The first-order valence-corrected chi connectivity index (χ1v) is 6.54. The van der Waals surface area contributed by atoms with Crippen molar-refractivity contribution >= 4 is 0 Å². The first-order valence-electron chi connectivity index (χ1n) is 6.54. The lowest BCUT2D eigenvalue weighted by atomic mass is 10.1. The molecule has 104 valence electrons. The molecule has 3 aliphatic rings. The van der Waals surface area contributed by atoms with Crippen LogP contribution in [-0.4, -0.2) is 83.1 Å². The van der Waals surface area contributed by atoms with Gasteiger partial charge >= 0.3 is 0 Å². The van der Waals surface area contributed by atoms with E-state index in [1.807, 2.05) is 37.7 Å². The van der Waals surface area contributed by atoms with Gasteiger partial charge in [-0.1, -0.05) is 0 Å². The van der Waals surface area contributed by atoms with Crippen LogP contribution in [0.15, 0.2) is 0 Å². The molecular weight excluding hydrogens is 236 g/mol. The topological polar surface area (TPSA) is 65.4 Å². The summed E-state index contributed by atoms with van der Waals surface area (Å²) in [6.45, 7) is 3.91. The van der Waals surface area contributed by atoms with Crippen LogP contribution in [0.2, 0.25) is 0 Å². The summed E-state index contributed by atoms with van der Waals surface area (Å²) < 4.78 is 12.0. The van der Waals surface area contributed by atoms with Crippen molar-refractivity contribution in [1.29, 1.82) is 0 Å². The van der Waals surface area contributed by atoms with Gasteiger partial charge in [0, 0.05) is 12.1 Å². The van der Waals surface area contributed by atoms with E-state index >= 15 is 0 Å². The van der Waals surface area contributed by atoms with Crippen LogP contribution in [0, 0.1) is 0 Å². The molecule has 0 aromatic rings. The van der Waals surface area contributed by atoms with Crippen molar-refractivity contribution in [3.63, 3.8) is 0 Å². The van der Waals surface area contributed by atoms with E-state index < -0.39 is 12.2 Å². The van der Waals surface area contributed by atoms with Crippen molar-refractivity contribution in [3.05, 3.63) is 0 Å². The Hall–Kier alpha value is -0.240. The second-order valence-electron chi connectivity index (χ2n) is 5.78. The highest BCUT2D eigenvalue weighted by Gasteiger charge is 2.58. The Kier molecular flexibility index (Phi) is 2.93. The van der Waals surface area contributed by atoms with E-state index in [0.717, 1.165) is 0 Å². The van der Waals surface area contributed by atoms with Crippen molar-refractivity contribution in [2.24, 2.45) is 0 Å². The molecule has 0 bridgehead atoms. The van der Waals surface area contributed by atoms with Crippen LogP contribution in [-0.2, 0) is 9.47 Å². The Balaban J connectivity index is 1.85. The quantitative estimate of drug-likeness (QED) is 0.570. The first-order chi connectivity index (χ1) is 8.43. The molecule has 0 aromatic heterocycles. The van der Waals surface area contributed by atoms with Crippen LogP contribution >= 0.6 is 0 Å². The standard InChI is InChI=1S/C12H22N2O4/c1-5-7(15)9-11(13(5)3)18-10-8(16)6(2)14(4)12(10)17-9/h5-12,15-16H,1-4H3/t5-,6-,7+,8+,9-,10-,11-,12-/m0/s1. The second-order valence-corrected chi connectivity index (χ2v) is 5.78. The van der Waals surface area contributed by atoms with Gasteiger partial charge in [0.15, 0.2) is 0 Å². The monoisotopic (exact) mass is 258 g/mol. The number of likely N-dealkylation sites (tertiary alicyclic amines) is 2. The van der Waals surface area contributed by atoms with Gasteiger partial charge in [0.2, 0.25) is 0 Å². The molecule has 0 aromatic carbocycles. The number of hydrogen-bond acceptors (Lipinski definition) is 6. The van der Waals surface area contributed by atoms with Gasteiger partial charge in [0.1, 0.15) is 24.7 Å². The fourth-order valence-corrected chi connectivity index (χ4v) is 3.26. The van der Waals surface area contributed by atoms with Gasteiger partial charge < -0.3 is 19.7 Å². The molecular formula is C12H22N2O4. The molecule has 18 heavy (non-hydrogen) atoms. The zero-order valence-corrected chi connectivity index (χ0v) is 11.2. The molecule has 0 unspecified atom stereocenters. The van der Waals surface area contributed by atoms with E-state index in [1.54, 1.807) is 0 Å². The molecule has 8 atom stereocenters. The summed E-state index contributed by atoms with van der Waals surface area (Å²) in [7, 11) is 3.83. The smallest absolute Gasteiger partial charge is 0.140 e. The Labute approximate surface area is 107 Å². The first kappa shape index (κ1) is 12.8. The third kappa shape index (κ3) is 1.51. The number of fused-ring (bicyclic) bond motifs is 2. The van der Waals surface area contributed by atoms with Gasteiger partial charge in [-0.05, 0) is 27.9 Å². The molecule has 6 heteroatoms. The van der Waals surface area contributed by atoms with E-state index in [0.29, 0.717) is 0 Å². The molecule has 3 heterocycles. The molecule has 0 spiro atoms. The fourth-order valence-electron chi connectivity index (χ4n) is 3.26. The zero-order chi connectivity index (χ0) is 13.2. The van der Waals surface area contributed by atoms with Gasteiger partial charge in [-0.15, -0.1) is 0 Å². The highest BCUT2D eigenvalue weighted by atomic mass is 16.6. The minimum atomic E-state index is -0.553. The molecule has 3 aliphatic heterocycles. The molecule has 3 saturated heterocycles. The zero-order valence-electron chi connectivity index (χ0n) is 11.2. The van der Waals surface area contributed by atoms with Crippen LogP contribution in [0.1, 0.15) is 13.8 Å². The predicted octanol–water partition coefficient (Wildman–Crippen LogP) is -1.19. The number of nitrogens with zero attached hydrogens (tertiary/aromatic N) is 2. The lowest BCUT2D eigenvalue weighted by Gasteiger charge is -2.39. The summed E-state index contributed by atoms with van der Waals surface area (Å²) in [5, 5.41) is 20.3. The van der Waals surface area contributed by atoms with Crippen LogP contribution in [0.3, 0.4) is 0 Å². The van der Waals surface area contributed by atoms with Crippen molar-refractivity contribution in [3.8, 4) is 0 Å². The third-order valence-corrected chi connectivity index (χ3v) is 4.90. The van der Waals surface area contributed by atoms with Crippen molar-refractivity contribution in [1.82, 2.24) is 9.80 Å². The third-order valence-electron chi connectivity index (χ3n) is 4.90. The van der Waals surface area contributed by atoms with E-state index in [4.69, 9.17) is 9.47 Å². The maximum atomic E-state index is 10.2. The highest BCUT2D eigenvalue weighted by Crippen LogP contribution is 2.39. The van der Waals surface area contributed by atoms with Gasteiger partial charge in [-0.2, -0.15) is 0 Å². The summed E-state index contributed by atoms with van der Waals surface area (Å²) in [5.41, 5.74) is 0. The summed E-state index contributed by atoms with van der Waals surface area (Å²) in [5.74, 6) is 0. The molecule has 0 saturated carbocycles. The lowest BCUT2D eigenvalue weighted by molar-refractivity contribution is -0.269. The number of hydrogen-bond donors (Lipinski definition) is 2. The fraction of sp³-hybridized carbons (Fsp3) is 1.00. The number of rotatable bonds is 0. The second kappa shape index (κ2) is 4.13. The minimum Gasteiger partial charge on any atom is -0.389 e. The Morgan fingerprint density at radius 2 is 1.11 bits per heavy atom. The van der Waals surface area contributed by atoms with Crippen molar-refractivity contribution < 1.29 is 19.7 Å². The van der Waals surface area contributed by atoms with Crippen LogP contribution in [0.25, 0.3) is 0 Å². The minimum absolute atomic E-state index is 0.00120. The molecule has 0 aliphatic carbocycles. The molecule has 3 rings (SSSR count). The van der Waals surface area contributed by atoms with Gasteiger partial charge in [0.05, 0.1) is 12.2 Å². The van der Waals surface area contributed by atoms with E-state index in [9.17, 15) is 10.2 Å². The average molecular weight is 258 g/mol. The SMILES string of the molecule is C[C@H]1[C@@H](O)[C@@H]2O[C@H]3[C@@H](O[C@@H]2N1C)[C@H](O)[C@H](C)N3C. The predicted molar refractivity (Wildman–Crippen MR) is 63.8 cm³/mol. The number of likely N-dealkylation sites (N-methyl/N-ethyl adjacent to an activating group) is 2. The van der Waals surface area contributed by atoms with Gasteiger partial charge in [-0.25, -0.2) is 0 Å². The van der Waals surface area contributed by atoms with E-state index in [1.165, 1.54) is 0 Å². The molecule has 0 amide bonds. The van der Waals surface area contributed by atoms with Crippen LogP contribution in [0.4, 0.5) is 0 Å². The maximum absolute atomic E-state index is 10.2. The Morgan fingerprint density at radius 3 is 1.44 bits per heavy atom. The normalized spacial score (nSPS) is 57.7. The largest absolute Gasteiger partial charge is 0.389 e. The van der Waals surface area contributed by atoms with Crippen molar-refractivity contribution in [2.75, 3.05) is 14.1 Å². The van der Waals surface area contributed by atoms with E-state index in [2.05, 4.69) is 0 Å². The summed E-state index contributed by atoms with van der Waals surface area (Å²) in [6, 6.07) is -0.00241.